The van der Waals surface area contributed by atoms with E-state index < -0.39 is 13.9 Å². The summed E-state index contributed by atoms with van der Waals surface area (Å²) in [6.07, 6.45) is 20.2. The number of ether oxygens (including phenoxy) is 1. The highest BCUT2D eigenvalue weighted by atomic mass is 31.2. The average molecular weight is 510 g/mol. The van der Waals surface area contributed by atoms with Crippen LogP contribution in [-0.2, 0) is 18.3 Å². The van der Waals surface area contributed by atoms with E-state index in [1.54, 1.807) is 0 Å². The molecule has 0 heterocycles. The van der Waals surface area contributed by atoms with E-state index in [-0.39, 0.29) is 19.8 Å². The van der Waals surface area contributed by atoms with Crippen LogP contribution in [0.25, 0.3) is 0 Å². The van der Waals surface area contributed by atoms with E-state index in [1.807, 2.05) is 21.1 Å². The topological polar surface area (TPSA) is 88.0 Å². The van der Waals surface area contributed by atoms with Crippen LogP contribution in [-0.4, -0.2) is 69.8 Å². The molecule has 206 valence electrons. The van der Waals surface area contributed by atoms with E-state index in [0.717, 1.165) is 12.8 Å². The summed E-state index contributed by atoms with van der Waals surface area (Å²) in [5, 5.41) is 9.83. The number of phosphoric ester groups is 1. The van der Waals surface area contributed by atoms with Crippen molar-refractivity contribution in [1.82, 2.24) is 0 Å². The van der Waals surface area contributed by atoms with Gasteiger partial charge in [-0.05, 0) is 6.42 Å². The van der Waals surface area contributed by atoms with Crippen LogP contribution in [0.3, 0.4) is 0 Å². The lowest BCUT2D eigenvalue weighted by atomic mass is 10.0. The predicted octanol–water partition coefficient (Wildman–Crippen LogP) is 5.83. The highest BCUT2D eigenvalue weighted by Gasteiger charge is 2.15. The molecule has 1 N–H and O–H groups in total. The lowest BCUT2D eigenvalue weighted by Gasteiger charge is -2.27. The fourth-order valence-corrected chi connectivity index (χ4v) is 4.40. The first-order valence-electron chi connectivity index (χ1n) is 13.8. The summed E-state index contributed by atoms with van der Waals surface area (Å²) in [4.78, 5) is 11.7. The van der Waals surface area contributed by atoms with E-state index in [9.17, 15) is 14.6 Å². The molecule has 1 unspecified atom stereocenters. The van der Waals surface area contributed by atoms with Crippen molar-refractivity contribution in [2.24, 2.45) is 0 Å². The number of rotatable bonds is 26. The van der Waals surface area contributed by atoms with Crippen LogP contribution in [0.1, 0.15) is 110 Å². The van der Waals surface area contributed by atoms with Crippen molar-refractivity contribution < 1.29 is 32.8 Å². The molecule has 2 atom stereocenters. The number of aliphatic hydroxyl groups is 1. The molecule has 0 fully saturated rings. The lowest BCUT2D eigenvalue weighted by Crippen LogP contribution is -2.37. The Hall–Kier alpha value is -0.0100. The zero-order chi connectivity index (χ0) is 25.5. The first-order chi connectivity index (χ1) is 16.2. The second-order valence-electron chi connectivity index (χ2n) is 10.6. The van der Waals surface area contributed by atoms with Crippen molar-refractivity contribution in [3.63, 3.8) is 0 Å². The molecule has 7 nitrogen and oxygen atoms in total. The van der Waals surface area contributed by atoms with E-state index in [0.29, 0.717) is 17.6 Å². The average Bonchev–Trinajstić information content (AvgIpc) is 2.76. The fraction of sp³-hybridized carbons (Fsp3) is 1.00. The number of phosphoric acid groups is 1. The second-order valence-corrected chi connectivity index (χ2v) is 12.0. The van der Waals surface area contributed by atoms with E-state index in [1.165, 1.54) is 89.9 Å². The smallest absolute Gasteiger partial charge is 0.268 e. The normalized spacial score (nSPS) is 14.9. The highest BCUT2D eigenvalue weighted by molar-refractivity contribution is 7.45. The first kappa shape index (κ1) is 34.0. The molecule has 0 bridgehead atoms. The maximum absolute atomic E-state index is 11.7. The van der Waals surface area contributed by atoms with Gasteiger partial charge in [-0.25, -0.2) is 0 Å². The number of nitrogens with zero attached hydrogens (tertiary/aromatic N) is 1. The largest absolute Gasteiger partial charge is 0.756 e. The molecule has 0 saturated carbocycles. The predicted molar refractivity (Wildman–Crippen MR) is 139 cm³/mol. The Labute approximate surface area is 210 Å². The van der Waals surface area contributed by atoms with Crippen LogP contribution < -0.4 is 4.89 Å². The Kier molecular flexibility index (Phi) is 22.2. The molecule has 0 aliphatic heterocycles. The standard InChI is InChI=1S/C26H56NO6P/c1-5-6-7-8-9-10-11-12-13-14-15-16-17-18-19-20-22-31-24-26(28)25-33-34(29,30)32-23-21-27(2,3)4/h26,28H,5-25H2,1-4H3/t26-/m0/s1. The summed E-state index contributed by atoms with van der Waals surface area (Å²) in [6, 6.07) is 0. The molecule has 0 saturated heterocycles. The summed E-state index contributed by atoms with van der Waals surface area (Å²) in [6.45, 7) is 3.16. The maximum atomic E-state index is 11.7. The fourth-order valence-electron chi connectivity index (χ4n) is 3.66. The number of unbranched alkanes of at least 4 members (excludes halogenated alkanes) is 15. The van der Waals surface area contributed by atoms with E-state index >= 15 is 0 Å². The molecule has 8 heteroatoms. The third kappa shape index (κ3) is 26.6. The van der Waals surface area contributed by atoms with Crippen molar-refractivity contribution in [2.75, 3.05) is 54.1 Å². The zero-order valence-electron chi connectivity index (χ0n) is 22.8. The van der Waals surface area contributed by atoms with Gasteiger partial charge >= 0.3 is 0 Å². The molecular formula is C26H56NO6P. The van der Waals surface area contributed by atoms with Gasteiger partial charge in [0.15, 0.2) is 0 Å². The molecule has 0 radical (unpaired) electrons. The molecule has 0 aromatic carbocycles. The van der Waals surface area contributed by atoms with Crippen molar-refractivity contribution in [3.8, 4) is 0 Å². The first-order valence-corrected chi connectivity index (χ1v) is 15.3. The molecule has 0 aliphatic carbocycles. The van der Waals surface area contributed by atoms with Gasteiger partial charge < -0.3 is 28.3 Å². The van der Waals surface area contributed by atoms with E-state index in [4.69, 9.17) is 13.8 Å². The van der Waals surface area contributed by atoms with Gasteiger partial charge in [0.2, 0.25) is 0 Å². The van der Waals surface area contributed by atoms with Crippen molar-refractivity contribution >= 4 is 7.82 Å². The Morgan fingerprint density at radius 3 is 1.59 bits per heavy atom. The number of hydrogen-bond donors (Lipinski definition) is 1. The summed E-state index contributed by atoms with van der Waals surface area (Å²) >= 11 is 0. The van der Waals surface area contributed by atoms with Gasteiger partial charge in [0.1, 0.15) is 19.3 Å². The lowest BCUT2D eigenvalue weighted by molar-refractivity contribution is -0.870. The Bertz CT molecular complexity index is 486. The van der Waals surface area contributed by atoms with Gasteiger partial charge in [-0.3, -0.25) is 4.57 Å². The van der Waals surface area contributed by atoms with Gasteiger partial charge in [0, 0.05) is 6.61 Å². The number of hydrogen-bond acceptors (Lipinski definition) is 6. The van der Waals surface area contributed by atoms with Crippen molar-refractivity contribution in [2.45, 2.75) is 116 Å². The molecule has 0 amide bonds. The van der Waals surface area contributed by atoms with Crippen LogP contribution in [0, 0.1) is 0 Å². The van der Waals surface area contributed by atoms with Crippen LogP contribution in [0.5, 0.6) is 0 Å². The van der Waals surface area contributed by atoms with Gasteiger partial charge in [0.05, 0.1) is 34.4 Å². The van der Waals surface area contributed by atoms with Crippen LogP contribution in [0.15, 0.2) is 0 Å². The molecule has 0 spiro atoms. The summed E-state index contributed by atoms with van der Waals surface area (Å²) in [5.74, 6) is 0. The summed E-state index contributed by atoms with van der Waals surface area (Å²) in [5.41, 5.74) is 0. The number of quaternary nitrogens is 1. The Balaban J connectivity index is 3.37. The van der Waals surface area contributed by atoms with Gasteiger partial charge in [-0.15, -0.1) is 0 Å². The monoisotopic (exact) mass is 509 g/mol. The molecular weight excluding hydrogens is 453 g/mol. The quantitative estimate of drug-likeness (QED) is 0.0896. The van der Waals surface area contributed by atoms with Crippen molar-refractivity contribution in [3.05, 3.63) is 0 Å². The van der Waals surface area contributed by atoms with E-state index in [2.05, 4.69) is 6.92 Å². The molecule has 0 aromatic rings. The summed E-state index contributed by atoms with van der Waals surface area (Å²) in [7, 11) is 1.45. The SMILES string of the molecule is CCCCCCCCCCCCCCCCCCOC[C@H](O)COP(=O)([O-])OCC[N+](C)(C)C. The van der Waals surface area contributed by atoms with Crippen LogP contribution in [0.4, 0.5) is 0 Å². The Morgan fingerprint density at radius 2 is 1.15 bits per heavy atom. The minimum absolute atomic E-state index is 0.0517. The minimum Gasteiger partial charge on any atom is -0.756 e. The third-order valence-corrected chi connectivity index (χ3v) is 6.85. The van der Waals surface area contributed by atoms with Crippen molar-refractivity contribution in [1.29, 1.82) is 0 Å². The summed E-state index contributed by atoms with van der Waals surface area (Å²) < 4.78 is 27.3. The molecule has 0 rings (SSSR count). The van der Waals surface area contributed by atoms with Gasteiger partial charge in [-0.2, -0.15) is 0 Å². The number of likely N-dealkylation sites (N-methyl/N-ethyl adjacent to an activating group) is 1. The highest BCUT2D eigenvalue weighted by Crippen LogP contribution is 2.38. The second kappa shape index (κ2) is 22.2. The van der Waals surface area contributed by atoms with Gasteiger partial charge in [0.25, 0.3) is 7.82 Å². The number of aliphatic hydroxyl groups excluding tert-OH is 1. The third-order valence-electron chi connectivity index (χ3n) is 5.89. The molecule has 0 aromatic heterocycles. The van der Waals surface area contributed by atoms with Crippen LogP contribution >= 0.6 is 7.82 Å². The molecule has 0 aliphatic rings. The van der Waals surface area contributed by atoms with Crippen LogP contribution in [0.2, 0.25) is 0 Å². The molecule has 34 heavy (non-hydrogen) atoms. The van der Waals surface area contributed by atoms with Gasteiger partial charge in [-0.1, -0.05) is 103 Å². The Morgan fingerprint density at radius 1 is 0.706 bits per heavy atom. The maximum Gasteiger partial charge on any atom is 0.268 e. The zero-order valence-corrected chi connectivity index (χ0v) is 23.7. The minimum atomic E-state index is -4.39.